The minimum absolute atomic E-state index is 0.0495. The van der Waals surface area contributed by atoms with E-state index in [4.69, 9.17) is 0 Å². The number of carbonyl (C=O) groups excluding carboxylic acids is 5. The number of benzene rings is 2. The van der Waals surface area contributed by atoms with Crippen molar-refractivity contribution in [1.82, 2.24) is 25.0 Å². The van der Waals surface area contributed by atoms with Gasteiger partial charge in [-0.1, -0.05) is 13.8 Å². The monoisotopic (exact) mass is 852 g/mol. The fourth-order valence-electron chi connectivity index (χ4n) is 10.3. The molecule has 4 aliphatic heterocycles. The third-order valence-corrected chi connectivity index (χ3v) is 14.4. The van der Waals surface area contributed by atoms with Crippen molar-refractivity contribution >= 4 is 57.9 Å². The molecule has 2 aromatic rings. The standard InChI is InChI=1S/C48H66N8O6/c1-27(2)55-29(5)47(7,8)33-21-31(35(23-37(33)55)51-45(61)49-25-39(57)53-17-13-11-14-18-53)41-43(59)42(44(41)60)32-22-34-38(56(28(3)4)30(6)48(34,9)10)24-36(32)52-46(62)50-26-40(58)54-19-15-12-16-20-54/h21-24,27-30H,11-20,25-26H2,1-10H3,(H4,49,50,51,52,59,60,61,62)/p+1. The zero-order valence-corrected chi connectivity index (χ0v) is 38.4. The van der Waals surface area contributed by atoms with E-state index in [1.165, 1.54) is 0 Å². The van der Waals surface area contributed by atoms with Gasteiger partial charge in [-0.05, 0) is 118 Å². The molecule has 2 saturated heterocycles. The molecule has 62 heavy (non-hydrogen) atoms. The van der Waals surface area contributed by atoms with E-state index in [1.807, 2.05) is 24.3 Å². The summed E-state index contributed by atoms with van der Waals surface area (Å²) in [4.78, 5) is 73.7. The molecule has 4 heterocycles. The number of Topliss-reactive ketones (excluding diaryl/α,β-unsaturated/α-hetero) is 1. The minimum Gasteiger partial charge on any atom is -0.506 e. The Labute approximate surface area is 365 Å². The number of aliphatic hydroxyl groups is 1. The molecule has 14 nitrogen and oxygen atoms in total. The number of allylic oxidation sites excluding steroid dienone is 2. The number of urea groups is 2. The summed E-state index contributed by atoms with van der Waals surface area (Å²) in [5.41, 5.74) is 3.27. The van der Waals surface area contributed by atoms with E-state index in [-0.39, 0.29) is 76.8 Å². The Hall–Kier alpha value is -5.40. The van der Waals surface area contributed by atoms with E-state index >= 15 is 0 Å². The fourth-order valence-corrected chi connectivity index (χ4v) is 10.3. The van der Waals surface area contributed by atoms with E-state index in [1.54, 1.807) is 9.80 Å². The van der Waals surface area contributed by atoms with Gasteiger partial charge in [-0.25, -0.2) is 14.2 Å². The highest BCUT2D eigenvalue weighted by Gasteiger charge is 2.48. The highest BCUT2D eigenvalue weighted by atomic mass is 16.3. The van der Waals surface area contributed by atoms with Gasteiger partial charge in [0.15, 0.2) is 6.04 Å². The number of carbonyl (C=O) groups is 5. The van der Waals surface area contributed by atoms with Crippen LogP contribution in [0.25, 0.3) is 11.1 Å². The summed E-state index contributed by atoms with van der Waals surface area (Å²) < 4.78 is 2.30. The molecule has 5 aliphatic rings. The van der Waals surface area contributed by atoms with Crippen molar-refractivity contribution in [3.05, 3.63) is 57.3 Å². The quantitative estimate of drug-likeness (QED) is 0.218. The zero-order valence-electron chi connectivity index (χ0n) is 38.4. The van der Waals surface area contributed by atoms with Gasteiger partial charge < -0.3 is 41.1 Å². The topological polar surface area (TPSA) is 166 Å². The molecule has 0 spiro atoms. The van der Waals surface area contributed by atoms with Gasteiger partial charge in [0.1, 0.15) is 11.8 Å². The Kier molecular flexibility index (Phi) is 12.3. The first-order chi connectivity index (χ1) is 29.2. The number of piperidine rings is 2. The summed E-state index contributed by atoms with van der Waals surface area (Å²) in [5.74, 6) is -1.00. The molecule has 2 atom stereocenters. The number of rotatable bonds is 9. The number of aliphatic hydroxyl groups excluding tert-OH is 1. The second-order valence-electron chi connectivity index (χ2n) is 19.6. The van der Waals surface area contributed by atoms with Crippen LogP contribution in [0.2, 0.25) is 0 Å². The molecule has 0 aromatic heterocycles. The lowest BCUT2D eigenvalue weighted by Crippen LogP contribution is -2.44. The molecule has 0 saturated carbocycles. The molecule has 6 amide bonds. The van der Waals surface area contributed by atoms with E-state index in [0.29, 0.717) is 48.3 Å². The number of hydrogen-bond donors (Lipinski definition) is 5. The number of ketones is 1. The molecule has 334 valence electrons. The third kappa shape index (κ3) is 7.94. The number of nitrogens with one attached hydrogen (secondary N) is 4. The van der Waals surface area contributed by atoms with Gasteiger partial charge in [-0.15, -0.1) is 0 Å². The van der Waals surface area contributed by atoms with Crippen LogP contribution in [0.3, 0.4) is 0 Å². The van der Waals surface area contributed by atoms with Crippen LogP contribution in [0.5, 0.6) is 0 Å². The first-order valence-electron chi connectivity index (χ1n) is 22.7. The highest BCUT2D eigenvalue weighted by molar-refractivity contribution is 6.52. The lowest BCUT2D eigenvalue weighted by molar-refractivity contribution is -0.131. The third-order valence-electron chi connectivity index (χ3n) is 14.4. The van der Waals surface area contributed by atoms with Crippen molar-refractivity contribution in [2.75, 3.05) is 54.8 Å². The maximum absolute atomic E-state index is 14.8. The average molecular weight is 852 g/mol. The normalized spacial score (nSPS) is 22.4. The smallest absolute Gasteiger partial charge is 0.319 e. The molecule has 0 radical (unpaired) electrons. The van der Waals surface area contributed by atoms with Crippen LogP contribution in [0.15, 0.2) is 30.0 Å². The van der Waals surface area contributed by atoms with Crippen LogP contribution in [0.1, 0.15) is 124 Å². The Morgan fingerprint density at radius 3 is 1.76 bits per heavy atom. The van der Waals surface area contributed by atoms with Crippen molar-refractivity contribution in [2.24, 2.45) is 0 Å². The number of likely N-dealkylation sites (tertiary alicyclic amines) is 2. The van der Waals surface area contributed by atoms with Crippen molar-refractivity contribution in [3.63, 3.8) is 0 Å². The Morgan fingerprint density at radius 2 is 1.26 bits per heavy atom. The number of nitrogens with zero attached hydrogens (tertiary/aromatic N) is 4. The molecular weight excluding hydrogens is 785 g/mol. The Morgan fingerprint density at radius 1 is 0.726 bits per heavy atom. The second kappa shape index (κ2) is 17.0. The molecule has 0 bridgehead atoms. The van der Waals surface area contributed by atoms with Crippen LogP contribution in [-0.4, -0.2) is 108 Å². The van der Waals surface area contributed by atoms with Crippen LogP contribution >= 0.6 is 0 Å². The van der Waals surface area contributed by atoms with Crippen LogP contribution in [0.4, 0.5) is 26.7 Å². The van der Waals surface area contributed by atoms with Crippen molar-refractivity contribution in [3.8, 4) is 0 Å². The molecule has 1 aliphatic carbocycles. The van der Waals surface area contributed by atoms with Gasteiger partial charge in [0, 0.05) is 71.8 Å². The summed E-state index contributed by atoms with van der Waals surface area (Å²) in [5, 5.41) is 24.8. The van der Waals surface area contributed by atoms with Crippen LogP contribution in [0, 0.1) is 0 Å². The van der Waals surface area contributed by atoms with E-state index in [2.05, 4.69) is 100.0 Å². The first-order valence-corrected chi connectivity index (χ1v) is 22.7. The molecule has 7 rings (SSSR count). The number of anilines is 3. The summed E-state index contributed by atoms with van der Waals surface area (Å²) in [6, 6.07) is 6.76. The Balaban J connectivity index is 1.32. The van der Waals surface area contributed by atoms with Gasteiger partial charge in [0.2, 0.25) is 23.0 Å². The molecule has 2 aromatic carbocycles. The van der Waals surface area contributed by atoms with Gasteiger partial charge >= 0.3 is 12.1 Å². The lowest BCUT2D eigenvalue weighted by atomic mass is 9.76. The van der Waals surface area contributed by atoms with E-state index < -0.39 is 17.8 Å². The zero-order chi connectivity index (χ0) is 45.0. The molecular formula is C48H67N8O6+. The average Bonchev–Trinajstić information content (AvgIpc) is 3.55. The fraction of sp³-hybridized carbons (Fsp3) is 0.583. The molecule has 14 heteroatoms. The number of fused-ring (bicyclic) bond motifs is 2. The van der Waals surface area contributed by atoms with Gasteiger partial charge in [-0.3, -0.25) is 14.4 Å². The molecule has 2 unspecified atom stereocenters. The van der Waals surface area contributed by atoms with E-state index in [9.17, 15) is 29.1 Å². The number of amides is 6. The molecule has 5 N–H and O–H groups in total. The predicted octanol–water partition coefficient (Wildman–Crippen LogP) is 5.13. The maximum atomic E-state index is 14.8. The molecule has 2 fully saturated rings. The summed E-state index contributed by atoms with van der Waals surface area (Å²) >= 11 is 0. The Bertz CT molecular complexity index is 2350. The second-order valence-corrected chi connectivity index (χ2v) is 19.6. The predicted molar refractivity (Wildman–Crippen MR) is 244 cm³/mol. The largest absolute Gasteiger partial charge is 0.506 e. The van der Waals surface area contributed by atoms with Gasteiger partial charge in [0.05, 0.1) is 41.0 Å². The summed E-state index contributed by atoms with van der Waals surface area (Å²) in [7, 11) is 0. The van der Waals surface area contributed by atoms with Crippen molar-refractivity contribution < 1.29 is 29.1 Å². The minimum atomic E-state index is -0.602. The van der Waals surface area contributed by atoms with Crippen molar-refractivity contribution in [1.29, 1.82) is 0 Å². The van der Waals surface area contributed by atoms with Crippen molar-refractivity contribution in [2.45, 2.75) is 143 Å². The highest BCUT2D eigenvalue weighted by Crippen LogP contribution is 2.51. The van der Waals surface area contributed by atoms with Crippen LogP contribution in [-0.2, 0) is 25.2 Å². The summed E-state index contributed by atoms with van der Waals surface area (Å²) in [6.45, 7) is 23.7. The van der Waals surface area contributed by atoms with E-state index in [0.717, 1.165) is 60.7 Å². The van der Waals surface area contributed by atoms with Gasteiger partial charge in [0.25, 0.3) is 0 Å². The van der Waals surface area contributed by atoms with Gasteiger partial charge in [-0.2, -0.15) is 0 Å². The maximum Gasteiger partial charge on any atom is 0.319 e. The SMILES string of the molecule is CC(C)N1c2cc(NC(=O)NCC(=O)N3CCCCC3)c(C3=C(O)/C(=c4/cc5c(cc4NC(=O)NCC(=O)N4CCCCC4)=[N+](C(C)C)C(C)C5(C)C)C3=O)cc2C(C)(C)C1C. The van der Waals surface area contributed by atoms with Crippen LogP contribution < -0.4 is 41.3 Å². The number of hydrogen-bond acceptors (Lipinski definition) is 7. The first kappa shape index (κ1) is 44.6. The summed E-state index contributed by atoms with van der Waals surface area (Å²) in [6.07, 6.45) is 5.91. The lowest BCUT2D eigenvalue weighted by Gasteiger charge is -2.34.